The Morgan fingerprint density at radius 1 is 1.21 bits per heavy atom. The molecular formula is C25H31FN4O3S. The van der Waals surface area contributed by atoms with Crippen molar-refractivity contribution in [3.05, 3.63) is 58.0 Å². The molecule has 34 heavy (non-hydrogen) atoms. The number of nitrogens with one attached hydrogen (secondary N) is 1. The van der Waals surface area contributed by atoms with Crippen LogP contribution in [0.5, 0.6) is 0 Å². The van der Waals surface area contributed by atoms with Crippen LogP contribution in [-0.2, 0) is 11.2 Å². The molecule has 0 saturated carbocycles. The molecule has 0 aliphatic carbocycles. The van der Waals surface area contributed by atoms with Crippen molar-refractivity contribution < 1.29 is 18.8 Å². The normalized spacial score (nSPS) is 21.4. The minimum absolute atomic E-state index is 0.000253. The zero-order chi connectivity index (χ0) is 24.3. The maximum absolute atomic E-state index is 13.9. The van der Waals surface area contributed by atoms with Crippen LogP contribution in [0.3, 0.4) is 0 Å². The molecule has 2 aliphatic heterocycles. The van der Waals surface area contributed by atoms with E-state index in [4.69, 9.17) is 0 Å². The van der Waals surface area contributed by atoms with E-state index in [9.17, 15) is 18.8 Å². The molecule has 1 aromatic heterocycles. The topological polar surface area (TPSA) is 73.0 Å². The molecular weight excluding hydrogens is 455 g/mol. The molecule has 0 bridgehead atoms. The number of amides is 4. The highest BCUT2D eigenvalue weighted by atomic mass is 32.1. The van der Waals surface area contributed by atoms with Crippen molar-refractivity contribution in [3.63, 3.8) is 0 Å². The van der Waals surface area contributed by atoms with E-state index in [-0.39, 0.29) is 30.0 Å². The molecule has 3 heterocycles. The number of hydrogen-bond donors (Lipinski definition) is 1. The number of piperidine rings is 1. The SMILES string of the molecule is CN(C)CCCN1C(=O)N[C@](Cc2cccc(F)c2)(C2CCN(C(=O)c3cccs3)CC2)C1=O. The Hall–Kier alpha value is -2.78. The van der Waals surface area contributed by atoms with Crippen molar-refractivity contribution in [2.24, 2.45) is 5.92 Å². The molecule has 4 amide bonds. The van der Waals surface area contributed by atoms with Gasteiger partial charge in [0.1, 0.15) is 11.4 Å². The summed E-state index contributed by atoms with van der Waals surface area (Å²) in [5.41, 5.74) is -0.470. The van der Waals surface area contributed by atoms with Crippen molar-refractivity contribution in [2.75, 3.05) is 40.3 Å². The fourth-order valence-corrected chi connectivity index (χ4v) is 5.72. The van der Waals surface area contributed by atoms with E-state index in [0.29, 0.717) is 49.3 Å². The molecule has 0 unspecified atom stereocenters. The Kier molecular flexibility index (Phi) is 7.33. The molecule has 1 aromatic carbocycles. The highest BCUT2D eigenvalue weighted by Gasteiger charge is 2.55. The van der Waals surface area contributed by atoms with Gasteiger partial charge in [-0.05, 0) is 75.0 Å². The number of likely N-dealkylation sites (tertiary alicyclic amines) is 1. The Labute approximate surface area is 203 Å². The maximum Gasteiger partial charge on any atom is 0.325 e. The number of carbonyl (C=O) groups excluding carboxylic acids is 3. The van der Waals surface area contributed by atoms with E-state index in [1.807, 2.05) is 41.4 Å². The first kappa shape index (κ1) is 24.3. The Morgan fingerprint density at radius 3 is 2.62 bits per heavy atom. The van der Waals surface area contributed by atoms with Crippen LogP contribution < -0.4 is 5.32 Å². The van der Waals surface area contributed by atoms with Crippen LogP contribution in [0.1, 0.15) is 34.5 Å². The Balaban J connectivity index is 1.55. The first-order chi connectivity index (χ1) is 16.3. The third-order valence-corrected chi connectivity index (χ3v) is 7.63. The van der Waals surface area contributed by atoms with Gasteiger partial charge >= 0.3 is 6.03 Å². The fraction of sp³-hybridized carbons (Fsp3) is 0.480. The van der Waals surface area contributed by atoms with Crippen LogP contribution in [0.25, 0.3) is 0 Å². The van der Waals surface area contributed by atoms with E-state index in [0.717, 1.165) is 6.54 Å². The number of imide groups is 1. The van der Waals surface area contributed by atoms with Crippen LogP contribution in [-0.4, -0.2) is 78.4 Å². The lowest BCUT2D eigenvalue weighted by atomic mass is 9.74. The zero-order valence-electron chi connectivity index (χ0n) is 19.6. The zero-order valence-corrected chi connectivity index (χ0v) is 20.4. The summed E-state index contributed by atoms with van der Waals surface area (Å²) >= 11 is 1.42. The van der Waals surface area contributed by atoms with Crippen LogP contribution in [0.2, 0.25) is 0 Å². The second-order valence-corrected chi connectivity index (χ2v) is 10.3. The standard InChI is InChI=1S/C25H31FN4O3S/c1-28(2)11-5-12-30-23(32)25(27-24(30)33,17-18-6-3-7-20(26)16-18)19-9-13-29(14-10-19)22(31)21-8-4-15-34-21/h3-4,6-8,15-16,19H,5,9-14,17H2,1-2H3,(H,27,33)/t25-/m1/s1. The van der Waals surface area contributed by atoms with Gasteiger partial charge in [0.25, 0.3) is 11.8 Å². The number of thiophene rings is 1. The first-order valence-electron chi connectivity index (χ1n) is 11.7. The number of carbonyl (C=O) groups is 3. The Morgan fingerprint density at radius 2 is 1.97 bits per heavy atom. The van der Waals surface area contributed by atoms with Gasteiger partial charge < -0.3 is 15.1 Å². The molecule has 2 fully saturated rings. The van der Waals surface area contributed by atoms with Gasteiger partial charge in [0, 0.05) is 26.1 Å². The molecule has 7 nitrogen and oxygen atoms in total. The van der Waals surface area contributed by atoms with Gasteiger partial charge in [-0.2, -0.15) is 0 Å². The van der Waals surface area contributed by atoms with Crippen molar-refractivity contribution in [1.29, 1.82) is 0 Å². The molecule has 4 rings (SSSR count). The van der Waals surface area contributed by atoms with Crippen LogP contribution in [0, 0.1) is 11.7 Å². The summed E-state index contributed by atoms with van der Waals surface area (Å²) < 4.78 is 13.9. The summed E-state index contributed by atoms with van der Waals surface area (Å²) in [5.74, 6) is -0.773. The van der Waals surface area contributed by atoms with E-state index >= 15 is 0 Å². The van der Waals surface area contributed by atoms with Gasteiger partial charge in [0.15, 0.2) is 0 Å². The van der Waals surface area contributed by atoms with Gasteiger partial charge in [0.05, 0.1) is 4.88 Å². The average molecular weight is 487 g/mol. The van der Waals surface area contributed by atoms with Gasteiger partial charge in [-0.3, -0.25) is 14.5 Å². The lowest BCUT2D eigenvalue weighted by molar-refractivity contribution is -0.134. The van der Waals surface area contributed by atoms with Crippen molar-refractivity contribution in [1.82, 2.24) is 20.0 Å². The highest BCUT2D eigenvalue weighted by molar-refractivity contribution is 7.12. The minimum Gasteiger partial charge on any atom is -0.338 e. The average Bonchev–Trinajstić information content (AvgIpc) is 3.42. The third kappa shape index (κ3) is 5.00. The van der Waals surface area contributed by atoms with E-state index in [1.165, 1.54) is 28.4 Å². The summed E-state index contributed by atoms with van der Waals surface area (Å²) in [6.07, 6.45) is 2.08. The van der Waals surface area contributed by atoms with Crippen LogP contribution in [0.15, 0.2) is 41.8 Å². The lowest BCUT2D eigenvalue weighted by Gasteiger charge is -2.41. The fourth-order valence-electron chi connectivity index (χ4n) is 5.03. The van der Waals surface area contributed by atoms with Crippen molar-refractivity contribution >= 4 is 29.2 Å². The first-order valence-corrected chi connectivity index (χ1v) is 12.5. The molecule has 0 spiro atoms. The van der Waals surface area contributed by atoms with Crippen molar-refractivity contribution in [3.8, 4) is 0 Å². The van der Waals surface area contributed by atoms with Gasteiger partial charge in [-0.1, -0.05) is 18.2 Å². The summed E-state index contributed by atoms with van der Waals surface area (Å²) in [7, 11) is 3.90. The van der Waals surface area contributed by atoms with Crippen molar-refractivity contribution in [2.45, 2.75) is 31.2 Å². The van der Waals surface area contributed by atoms with Gasteiger partial charge in [-0.15, -0.1) is 11.3 Å². The molecule has 182 valence electrons. The number of nitrogens with zero attached hydrogens (tertiary/aromatic N) is 3. The van der Waals surface area contributed by atoms with Crippen LogP contribution in [0.4, 0.5) is 9.18 Å². The largest absolute Gasteiger partial charge is 0.338 e. The summed E-state index contributed by atoms with van der Waals surface area (Å²) in [6.45, 7) is 2.12. The predicted octanol–water partition coefficient (Wildman–Crippen LogP) is 3.22. The monoisotopic (exact) mass is 486 g/mol. The second-order valence-electron chi connectivity index (χ2n) is 9.37. The number of halogens is 1. The summed E-state index contributed by atoms with van der Waals surface area (Å²) in [5, 5.41) is 4.90. The predicted molar refractivity (Wildman–Crippen MR) is 129 cm³/mol. The molecule has 9 heteroatoms. The summed E-state index contributed by atoms with van der Waals surface area (Å²) in [6, 6.07) is 9.48. The molecule has 2 aliphatic rings. The van der Waals surface area contributed by atoms with E-state index in [1.54, 1.807) is 12.1 Å². The molecule has 2 aromatic rings. The van der Waals surface area contributed by atoms with Gasteiger partial charge in [-0.25, -0.2) is 9.18 Å². The van der Waals surface area contributed by atoms with E-state index < -0.39 is 11.6 Å². The lowest BCUT2D eigenvalue weighted by Crippen LogP contribution is -2.58. The highest BCUT2D eigenvalue weighted by Crippen LogP contribution is 2.37. The number of urea groups is 1. The quantitative estimate of drug-likeness (QED) is 0.582. The number of rotatable bonds is 8. The molecule has 2 saturated heterocycles. The number of hydrogen-bond acceptors (Lipinski definition) is 5. The smallest absolute Gasteiger partial charge is 0.325 e. The van der Waals surface area contributed by atoms with Gasteiger partial charge in [0.2, 0.25) is 0 Å². The second kappa shape index (κ2) is 10.2. The van der Waals surface area contributed by atoms with E-state index in [2.05, 4.69) is 5.32 Å². The molecule has 1 N–H and O–H groups in total. The maximum atomic E-state index is 13.9. The summed E-state index contributed by atoms with van der Waals surface area (Å²) in [4.78, 5) is 45.3. The molecule has 0 radical (unpaired) electrons. The minimum atomic E-state index is -1.14. The Bertz CT molecular complexity index is 1040. The number of benzene rings is 1. The van der Waals surface area contributed by atoms with Crippen LogP contribution >= 0.6 is 11.3 Å². The third-order valence-electron chi connectivity index (χ3n) is 6.77. The molecule has 1 atom stereocenters.